The van der Waals surface area contributed by atoms with Crippen molar-refractivity contribution >= 4 is 11.9 Å². The van der Waals surface area contributed by atoms with E-state index in [1.807, 2.05) is 0 Å². The van der Waals surface area contributed by atoms with Crippen molar-refractivity contribution in [2.75, 3.05) is 26.2 Å². The van der Waals surface area contributed by atoms with E-state index in [1.165, 1.54) is 147 Å². The molecule has 19 aliphatic rings. The first-order chi connectivity index (χ1) is 37.1. The Labute approximate surface area is 453 Å². The number of rotatable bonds is 5. The molecule has 9 fully saturated rings. The number of ether oxygens (including phenoxy) is 2. The molecule has 3 saturated heterocycles. The summed E-state index contributed by atoms with van der Waals surface area (Å²) in [4.78, 5) is 38.2. The highest BCUT2D eigenvalue weighted by Gasteiger charge is 2.94. The normalized spacial score (nSPS) is 46.6. The van der Waals surface area contributed by atoms with Gasteiger partial charge >= 0.3 is 11.9 Å². The number of carbonyl (C=O) groups excluding carboxylic acids is 2. The number of hydrogen-bond donors (Lipinski definition) is 2. The van der Waals surface area contributed by atoms with E-state index < -0.39 is 16.4 Å². The lowest BCUT2D eigenvalue weighted by molar-refractivity contribution is -0.282. The highest BCUT2D eigenvalue weighted by Crippen LogP contribution is 2.89. The minimum Gasteiger partial charge on any atom is -0.509 e. The zero-order valence-electron chi connectivity index (χ0n) is 46.2. The summed E-state index contributed by atoms with van der Waals surface area (Å²) >= 11 is 0. The van der Waals surface area contributed by atoms with Crippen LogP contribution < -0.4 is 5.73 Å². The van der Waals surface area contributed by atoms with Crippen molar-refractivity contribution in [3.8, 4) is 0 Å². The second kappa shape index (κ2) is 16.4. The monoisotopic (exact) mass is 1030 g/mol. The summed E-state index contributed by atoms with van der Waals surface area (Å²) in [6.45, 7) is 6.50. The fourth-order valence-corrected chi connectivity index (χ4v) is 25.8. The average Bonchev–Trinajstić information content (AvgIpc) is 1.92. The number of aryl methyl sites for hydroxylation is 1. The Hall–Kier alpha value is -3.36. The second-order valence-electron chi connectivity index (χ2n) is 30.0. The van der Waals surface area contributed by atoms with Crippen LogP contribution in [0.3, 0.4) is 0 Å². The molecule has 8 heteroatoms. The topological polar surface area (TPSA) is 105 Å². The number of piperidine rings is 2. The number of esters is 2. The number of fused-ring (bicyclic) bond motifs is 5. The Bertz CT molecular complexity index is 2800. The number of hydrogen-bond acceptors (Lipinski definition) is 8. The SMILES string of the molecule is CC1CC2=C3C4C5=C6C(C=CC(C7CCCCC7)CC7C68C(=O)OC(=C(O)CC(C6CC9(CCCC9)C9(CCCC9%10CCCC%10)C6)N6CC9CC(C6)C(CC2)N3C9)C8(CC5)C72OC(=O)c3c(CCCN)cccc32)CC14. The van der Waals surface area contributed by atoms with Gasteiger partial charge in [0.2, 0.25) is 0 Å². The van der Waals surface area contributed by atoms with Crippen molar-refractivity contribution < 1.29 is 24.2 Å². The smallest absolute Gasteiger partial charge is 0.339 e. The quantitative estimate of drug-likeness (QED) is 0.222. The third-order valence-electron chi connectivity index (χ3n) is 27.8. The number of nitrogens with two attached hydrogens (primary N) is 1. The lowest BCUT2D eigenvalue weighted by atomic mass is 9.27. The molecule has 76 heavy (non-hydrogen) atoms. The average molecular weight is 1030 g/mol. The molecule has 0 amide bonds. The van der Waals surface area contributed by atoms with Gasteiger partial charge in [-0.25, -0.2) is 4.79 Å². The van der Waals surface area contributed by atoms with Crippen molar-refractivity contribution in [1.29, 1.82) is 0 Å². The first-order valence-corrected chi connectivity index (χ1v) is 32.5. The van der Waals surface area contributed by atoms with Gasteiger partial charge in [0, 0.05) is 61.2 Å². The van der Waals surface area contributed by atoms with Gasteiger partial charge in [-0.3, -0.25) is 9.69 Å². The van der Waals surface area contributed by atoms with Crippen molar-refractivity contribution in [3.63, 3.8) is 0 Å². The predicted molar refractivity (Wildman–Crippen MR) is 293 cm³/mol. The minimum atomic E-state index is -1.14. The molecule has 1 aromatic carbocycles. The molecule has 6 saturated carbocycles. The van der Waals surface area contributed by atoms with E-state index in [1.54, 1.807) is 16.8 Å². The Kier molecular flexibility index (Phi) is 10.2. The van der Waals surface area contributed by atoms with Gasteiger partial charge in [-0.1, -0.05) is 99.8 Å². The van der Waals surface area contributed by atoms with Crippen LogP contribution in [0.5, 0.6) is 0 Å². The van der Waals surface area contributed by atoms with Crippen LogP contribution in [0.4, 0.5) is 0 Å². The van der Waals surface area contributed by atoms with Crippen LogP contribution >= 0.6 is 0 Å². The van der Waals surface area contributed by atoms with Crippen LogP contribution in [0.25, 0.3) is 0 Å². The van der Waals surface area contributed by atoms with Crippen LogP contribution in [0.1, 0.15) is 208 Å². The van der Waals surface area contributed by atoms with Crippen molar-refractivity contribution in [1.82, 2.24) is 9.80 Å². The van der Waals surface area contributed by atoms with Crippen LogP contribution in [-0.2, 0) is 26.3 Å². The van der Waals surface area contributed by atoms with Gasteiger partial charge in [0.25, 0.3) is 0 Å². The van der Waals surface area contributed by atoms with Gasteiger partial charge in [-0.2, -0.15) is 0 Å². The molecule has 12 bridgehead atoms. The molecule has 9 heterocycles. The summed E-state index contributed by atoms with van der Waals surface area (Å²) in [5.41, 5.74) is 13.3. The molecule has 6 spiro atoms. The molecule has 3 N–H and O–H groups in total. The summed E-state index contributed by atoms with van der Waals surface area (Å²) in [6, 6.07) is 7.24. The number of allylic oxidation sites excluding steroid dienone is 4. The fraction of sp³-hybridized carbons (Fsp3) is 0.765. The number of carbonyl (C=O) groups is 2. The van der Waals surface area contributed by atoms with Crippen molar-refractivity contribution in [3.05, 3.63) is 81.0 Å². The van der Waals surface area contributed by atoms with Crippen LogP contribution in [-0.4, -0.2) is 65.1 Å². The van der Waals surface area contributed by atoms with Gasteiger partial charge in [-0.15, -0.1) is 0 Å². The van der Waals surface area contributed by atoms with Gasteiger partial charge in [0.05, 0.1) is 11.0 Å². The Morgan fingerprint density at radius 2 is 1.59 bits per heavy atom. The molecule has 8 nitrogen and oxygen atoms in total. The summed E-state index contributed by atoms with van der Waals surface area (Å²) in [5.74, 6) is 4.16. The first-order valence-electron chi connectivity index (χ1n) is 32.5. The maximum atomic E-state index is 16.7. The van der Waals surface area contributed by atoms with Crippen LogP contribution in [0.15, 0.2) is 64.3 Å². The summed E-state index contributed by atoms with van der Waals surface area (Å²) in [6.07, 6.45) is 40.0. The Morgan fingerprint density at radius 3 is 2.42 bits per heavy atom. The Balaban J connectivity index is 0.917. The maximum Gasteiger partial charge on any atom is 0.339 e. The number of aliphatic hydroxyl groups excluding tert-OH is 1. The van der Waals surface area contributed by atoms with E-state index in [-0.39, 0.29) is 35.7 Å². The third-order valence-corrected chi connectivity index (χ3v) is 27.8. The minimum absolute atomic E-state index is 0.107. The van der Waals surface area contributed by atoms with Gasteiger partial charge in [0.1, 0.15) is 11.2 Å². The zero-order valence-corrected chi connectivity index (χ0v) is 46.2. The van der Waals surface area contributed by atoms with Crippen molar-refractivity contribution in [2.45, 2.75) is 211 Å². The fourth-order valence-electron chi connectivity index (χ4n) is 25.8. The molecule has 406 valence electrons. The molecule has 20 rings (SSSR count). The molecule has 10 aliphatic carbocycles. The third kappa shape index (κ3) is 5.59. The van der Waals surface area contributed by atoms with Crippen LogP contribution in [0.2, 0.25) is 0 Å². The van der Waals surface area contributed by atoms with E-state index >= 15 is 9.59 Å². The van der Waals surface area contributed by atoms with Crippen molar-refractivity contribution in [2.24, 2.45) is 92.0 Å². The zero-order chi connectivity index (χ0) is 50.7. The summed E-state index contributed by atoms with van der Waals surface area (Å²) in [7, 11) is 0. The van der Waals surface area contributed by atoms with E-state index in [2.05, 4.69) is 47.1 Å². The molecule has 1 aromatic rings. The van der Waals surface area contributed by atoms with Gasteiger partial charge in [-0.05, 0) is 210 Å². The predicted octanol–water partition coefficient (Wildman–Crippen LogP) is 13.6. The standard InChI is InChI=1S/C68H89N3O5/c1-40-30-46-19-20-52-47-31-41-37-70(39-47)53(48-35-64(24-7-8-25-64)65(36-48)27-11-26-63(65)22-5-6-23-63)34-54(72)60-66-28-21-49-57(59(46)71(52)38-41)50(40)32-45-18-17-44(42-12-3-2-4-13-42)33-55(67(66,58(45)49)62(74)75-60)68(66)51-16-9-14-43(15-10-29-69)56(51)61(73)76-68/h9,14,16-18,40-42,44-45,47-48,50,52-53,55,57,72H,2-8,10-13,15,19-39,69H2,1H3. The first kappa shape index (κ1) is 47.4. The van der Waals surface area contributed by atoms with E-state index in [0.717, 1.165) is 56.4 Å². The van der Waals surface area contributed by atoms with E-state index in [9.17, 15) is 5.11 Å². The van der Waals surface area contributed by atoms with E-state index in [4.69, 9.17) is 15.2 Å². The molecule has 0 radical (unpaired) electrons. The number of aliphatic hydroxyl groups is 1. The maximum absolute atomic E-state index is 16.7. The van der Waals surface area contributed by atoms with E-state index in [0.29, 0.717) is 107 Å². The summed E-state index contributed by atoms with van der Waals surface area (Å²) in [5, 5.41) is 14.1. The number of benzene rings is 1. The largest absolute Gasteiger partial charge is 0.509 e. The molecule has 0 aromatic heterocycles. The highest BCUT2D eigenvalue weighted by molar-refractivity contribution is 6.00. The lowest BCUT2D eigenvalue weighted by Gasteiger charge is -2.73. The number of nitrogens with zero attached hydrogens (tertiary/aromatic N) is 2. The molecule has 16 unspecified atom stereocenters. The molecular formula is C68H89N3O5. The highest BCUT2D eigenvalue weighted by atomic mass is 16.6. The Morgan fingerprint density at radius 1 is 0.776 bits per heavy atom. The van der Waals surface area contributed by atoms with Crippen LogP contribution in [0, 0.1) is 86.3 Å². The second-order valence-corrected chi connectivity index (χ2v) is 30.0. The van der Waals surface area contributed by atoms with Gasteiger partial charge < -0.3 is 25.2 Å². The lowest BCUT2D eigenvalue weighted by Crippen LogP contribution is -2.78. The van der Waals surface area contributed by atoms with Gasteiger partial charge in [0.15, 0.2) is 11.4 Å². The molecular weight excluding hydrogens is 939 g/mol. The molecule has 9 aliphatic heterocycles. The summed E-state index contributed by atoms with van der Waals surface area (Å²) < 4.78 is 14.9. The molecule has 16 atom stereocenters.